The van der Waals surface area contributed by atoms with Crippen molar-refractivity contribution in [3.05, 3.63) is 56.6 Å². The molecule has 0 atom stereocenters. The van der Waals surface area contributed by atoms with Crippen molar-refractivity contribution in [2.45, 2.75) is 27.2 Å². The minimum atomic E-state index is -0.701. The Bertz CT molecular complexity index is 828. The van der Waals surface area contributed by atoms with Gasteiger partial charge in [-0.15, -0.1) is 0 Å². The number of hydrogen-bond donors (Lipinski definition) is 1. The second kappa shape index (κ2) is 7.89. The number of aryl methyl sites for hydroxylation is 2. The van der Waals surface area contributed by atoms with Gasteiger partial charge in [0.05, 0.1) is 18.0 Å². The Morgan fingerprint density at radius 1 is 1.24 bits per heavy atom. The number of hydrogen-bond acceptors (Lipinski definition) is 6. The number of nitro groups is 1. The molecule has 0 unspecified atom stereocenters. The van der Waals surface area contributed by atoms with Crippen molar-refractivity contribution >= 4 is 33.2 Å². The number of carbonyl (C=O) groups is 2. The molecule has 2 rings (SSSR count). The Kier molecular flexibility index (Phi) is 5.87. The molecule has 0 saturated heterocycles. The van der Waals surface area contributed by atoms with Crippen molar-refractivity contribution in [1.29, 1.82) is 0 Å². The molecule has 0 fully saturated rings. The van der Waals surface area contributed by atoms with Crippen LogP contribution in [-0.2, 0) is 16.0 Å². The Hall–Kier alpha value is -2.74. The molecule has 1 amide bonds. The summed E-state index contributed by atoms with van der Waals surface area (Å²) >= 11 is 0.734. The van der Waals surface area contributed by atoms with Gasteiger partial charge >= 0.3 is 11.0 Å². The van der Waals surface area contributed by atoms with Gasteiger partial charge in [0.15, 0.2) is 0 Å². The SMILES string of the molecule is CCOC(=O)c1cc([N+](=O)[O-])sc1NC(=O)Cc1ccc(C)c(C)c1. The van der Waals surface area contributed by atoms with E-state index in [0.29, 0.717) is 0 Å². The van der Waals surface area contributed by atoms with Crippen LogP contribution < -0.4 is 5.32 Å². The van der Waals surface area contributed by atoms with E-state index in [0.717, 1.165) is 34.1 Å². The van der Waals surface area contributed by atoms with Gasteiger partial charge in [-0.2, -0.15) is 0 Å². The lowest BCUT2D eigenvalue weighted by molar-refractivity contribution is -0.380. The summed E-state index contributed by atoms with van der Waals surface area (Å²) in [6.07, 6.45) is 0.106. The van der Waals surface area contributed by atoms with Gasteiger partial charge in [-0.05, 0) is 48.8 Å². The normalized spacial score (nSPS) is 10.4. The number of amides is 1. The average Bonchev–Trinajstić information content (AvgIpc) is 2.95. The van der Waals surface area contributed by atoms with E-state index in [9.17, 15) is 19.7 Å². The number of nitrogens with zero attached hydrogens (tertiary/aromatic N) is 1. The van der Waals surface area contributed by atoms with Crippen molar-refractivity contribution in [3.63, 3.8) is 0 Å². The predicted molar refractivity (Wildman–Crippen MR) is 95.2 cm³/mol. The van der Waals surface area contributed by atoms with Gasteiger partial charge in [0.2, 0.25) is 5.91 Å². The molecule has 0 aliphatic carbocycles. The maximum atomic E-state index is 12.3. The first-order valence-corrected chi connectivity index (χ1v) is 8.44. The molecule has 0 radical (unpaired) electrons. The summed E-state index contributed by atoms with van der Waals surface area (Å²) in [6, 6.07) is 6.81. The van der Waals surface area contributed by atoms with Gasteiger partial charge in [-0.25, -0.2) is 4.79 Å². The zero-order valence-electron chi connectivity index (χ0n) is 14.1. The van der Waals surface area contributed by atoms with E-state index in [4.69, 9.17) is 4.74 Å². The monoisotopic (exact) mass is 362 g/mol. The quantitative estimate of drug-likeness (QED) is 0.481. The molecule has 0 aliphatic rings. The summed E-state index contributed by atoms with van der Waals surface area (Å²) in [5.41, 5.74) is 3.02. The number of anilines is 1. The summed E-state index contributed by atoms with van der Waals surface area (Å²) in [6.45, 7) is 5.71. The molecular weight excluding hydrogens is 344 g/mol. The third-order valence-electron chi connectivity index (χ3n) is 3.58. The van der Waals surface area contributed by atoms with Crippen molar-refractivity contribution in [2.24, 2.45) is 0 Å². The highest BCUT2D eigenvalue weighted by Crippen LogP contribution is 2.34. The third kappa shape index (κ3) is 4.63. The zero-order chi connectivity index (χ0) is 18.6. The Morgan fingerprint density at radius 3 is 2.56 bits per heavy atom. The van der Waals surface area contributed by atoms with Gasteiger partial charge in [0.1, 0.15) is 10.6 Å². The predicted octanol–water partition coefficient (Wildman–Crippen LogP) is 3.63. The fraction of sp³-hybridized carbons (Fsp3) is 0.294. The molecule has 0 aliphatic heterocycles. The highest BCUT2D eigenvalue weighted by molar-refractivity contribution is 7.19. The number of benzene rings is 1. The highest BCUT2D eigenvalue weighted by atomic mass is 32.1. The van der Waals surface area contributed by atoms with Gasteiger partial charge in [-0.1, -0.05) is 18.2 Å². The smallest absolute Gasteiger partial charge is 0.341 e. The minimum absolute atomic E-state index is 0.00742. The average molecular weight is 362 g/mol. The first kappa shape index (κ1) is 18.6. The van der Waals surface area contributed by atoms with Crippen molar-refractivity contribution in [1.82, 2.24) is 0 Å². The van der Waals surface area contributed by atoms with Crippen LogP contribution in [0.4, 0.5) is 10.0 Å². The molecule has 1 N–H and O–H groups in total. The molecule has 1 aromatic carbocycles. The Morgan fingerprint density at radius 2 is 1.96 bits per heavy atom. The van der Waals surface area contributed by atoms with Gasteiger partial charge in [0, 0.05) is 6.07 Å². The lowest BCUT2D eigenvalue weighted by atomic mass is 10.0. The summed E-state index contributed by atoms with van der Waals surface area (Å²) in [5, 5.41) is 13.4. The third-order valence-corrected chi connectivity index (χ3v) is 4.59. The van der Waals surface area contributed by atoms with E-state index < -0.39 is 10.9 Å². The standard InChI is InChI=1S/C17H18N2O5S/c1-4-24-17(21)13-9-15(19(22)23)25-16(13)18-14(20)8-12-6-5-10(2)11(3)7-12/h5-7,9H,4,8H2,1-3H3,(H,18,20). The van der Waals surface area contributed by atoms with Crippen LogP contribution in [0.5, 0.6) is 0 Å². The molecule has 7 nitrogen and oxygen atoms in total. The molecule has 0 bridgehead atoms. The summed E-state index contributed by atoms with van der Waals surface area (Å²) in [4.78, 5) is 34.5. The molecule has 2 aromatic rings. The molecule has 25 heavy (non-hydrogen) atoms. The number of nitrogens with one attached hydrogen (secondary N) is 1. The molecular formula is C17H18N2O5S. The van der Waals surface area contributed by atoms with E-state index >= 15 is 0 Å². The zero-order valence-corrected chi connectivity index (χ0v) is 14.9. The number of esters is 1. The van der Waals surface area contributed by atoms with Gasteiger partial charge in [-0.3, -0.25) is 14.9 Å². The minimum Gasteiger partial charge on any atom is -0.462 e. The van der Waals surface area contributed by atoms with Crippen LogP contribution in [0.2, 0.25) is 0 Å². The number of rotatable bonds is 6. The second-order valence-electron chi connectivity index (χ2n) is 5.45. The Labute approximate surface area is 148 Å². The largest absolute Gasteiger partial charge is 0.462 e. The molecule has 1 heterocycles. The van der Waals surface area contributed by atoms with Gasteiger partial charge < -0.3 is 10.1 Å². The van der Waals surface area contributed by atoms with Crippen LogP contribution in [0.15, 0.2) is 24.3 Å². The molecule has 132 valence electrons. The van der Waals surface area contributed by atoms with E-state index in [2.05, 4.69) is 5.32 Å². The van der Waals surface area contributed by atoms with Crippen LogP contribution in [0.25, 0.3) is 0 Å². The lowest BCUT2D eigenvalue weighted by Gasteiger charge is -2.07. The fourth-order valence-corrected chi connectivity index (χ4v) is 3.07. The topological polar surface area (TPSA) is 98.5 Å². The van der Waals surface area contributed by atoms with Crippen LogP contribution in [0.1, 0.15) is 34.0 Å². The van der Waals surface area contributed by atoms with Gasteiger partial charge in [0.25, 0.3) is 0 Å². The summed E-state index contributed by atoms with van der Waals surface area (Å²) in [7, 11) is 0. The van der Waals surface area contributed by atoms with E-state index in [-0.39, 0.29) is 34.5 Å². The first-order chi connectivity index (χ1) is 11.8. The second-order valence-corrected chi connectivity index (χ2v) is 6.48. The molecule has 8 heteroatoms. The summed E-state index contributed by atoms with van der Waals surface area (Å²) < 4.78 is 4.88. The number of ether oxygens (including phenoxy) is 1. The molecule has 0 spiro atoms. The molecule has 1 aromatic heterocycles. The maximum absolute atomic E-state index is 12.3. The van der Waals surface area contributed by atoms with Crippen molar-refractivity contribution in [3.8, 4) is 0 Å². The van der Waals surface area contributed by atoms with Crippen molar-refractivity contribution in [2.75, 3.05) is 11.9 Å². The van der Waals surface area contributed by atoms with Crippen LogP contribution in [0, 0.1) is 24.0 Å². The maximum Gasteiger partial charge on any atom is 0.341 e. The number of thiophene rings is 1. The molecule has 0 saturated carbocycles. The summed E-state index contributed by atoms with van der Waals surface area (Å²) in [5.74, 6) is -1.06. The lowest BCUT2D eigenvalue weighted by Crippen LogP contribution is -2.16. The number of carbonyl (C=O) groups excluding carboxylic acids is 2. The van der Waals surface area contributed by atoms with Crippen LogP contribution >= 0.6 is 11.3 Å². The first-order valence-electron chi connectivity index (χ1n) is 7.63. The van der Waals surface area contributed by atoms with E-state index in [1.807, 2.05) is 32.0 Å². The van der Waals surface area contributed by atoms with E-state index in [1.165, 1.54) is 0 Å². The van der Waals surface area contributed by atoms with Crippen LogP contribution in [0.3, 0.4) is 0 Å². The van der Waals surface area contributed by atoms with Crippen molar-refractivity contribution < 1.29 is 19.2 Å². The fourth-order valence-electron chi connectivity index (χ4n) is 2.19. The Balaban J connectivity index is 2.19. The van der Waals surface area contributed by atoms with E-state index in [1.54, 1.807) is 6.92 Å². The highest BCUT2D eigenvalue weighted by Gasteiger charge is 2.24. The van der Waals surface area contributed by atoms with Crippen LogP contribution in [-0.4, -0.2) is 23.4 Å².